The normalized spacial score (nSPS) is 12.9. The Morgan fingerprint density at radius 3 is 2.48 bits per heavy atom. The van der Waals surface area contributed by atoms with Crippen molar-refractivity contribution in [1.29, 1.82) is 0 Å². The molecule has 4 nitrogen and oxygen atoms in total. The van der Waals surface area contributed by atoms with Gasteiger partial charge in [0.1, 0.15) is 10.7 Å². The van der Waals surface area contributed by atoms with Gasteiger partial charge in [0.15, 0.2) is 0 Å². The molecule has 2 rings (SSSR count). The zero-order valence-electron chi connectivity index (χ0n) is 13.6. The molecule has 0 fully saturated rings. The van der Waals surface area contributed by atoms with Crippen molar-refractivity contribution in [2.24, 2.45) is 5.92 Å². The Kier molecular flexibility index (Phi) is 4.61. The van der Waals surface area contributed by atoms with Crippen molar-refractivity contribution < 1.29 is 4.79 Å². The van der Waals surface area contributed by atoms with Crippen LogP contribution in [-0.2, 0) is 6.42 Å². The summed E-state index contributed by atoms with van der Waals surface area (Å²) in [7, 11) is 0. The second-order valence-corrected chi connectivity index (χ2v) is 6.82. The van der Waals surface area contributed by atoms with Crippen LogP contribution in [0.4, 0.5) is 0 Å². The molecule has 0 aromatic carbocycles. The average molecular weight is 305 g/mol. The van der Waals surface area contributed by atoms with Crippen LogP contribution in [0.5, 0.6) is 0 Å². The van der Waals surface area contributed by atoms with Crippen LogP contribution in [-0.4, -0.2) is 21.9 Å². The Balaban J connectivity index is 2.44. The molecule has 0 bridgehead atoms. The molecule has 21 heavy (non-hydrogen) atoms. The first-order valence-corrected chi connectivity index (χ1v) is 8.24. The fourth-order valence-electron chi connectivity index (χ4n) is 2.21. The number of hydrogen-bond acceptors (Lipinski definition) is 4. The summed E-state index contributed by atoms with van der Waals surface area (Å²) < 4.78 is 0. The molecule has 1 N–H and O–H groups in total. The first kappa shape index (κ1) is 15.9. The highest BCUT2D eigenvalue weighted by Gasteiger charge is 2.20. The minimum absolute atomic E-state index is 0.00542. The number of amides is 1. The number of thiophene rings is 1. The van der Waals surface area contributed by atoms with Crippen LogP contribution in [0.2, 0.25) is 0 Å². The van der Waals surface area contributed by atoms with E-state index in [9.17, 15) is 4.79 Å². The number of aryl methyl sites for hydroxylation is 3. The number of fused-ring (bicyclic) bond motifs is 1. The van der Waals surface area contributed by atoms with Gasteiger partial charge in [0.05, 0.1) is 4.88 Å². The molecule has 0 radical (unpaired) electrons. The summed E-state index contributed by atoms with van der Waals surface area (Å²) >= 11 is 1.47. The van der Waals surface area contributed by atoms with Crippen molar-refractivity contribution in [1.82, 2.24) is 15.3 Å². The lowest BCUT2D eigenvalue weighted by atomic mass is 10.1. The third-order valence-electron chi connectivity index (χ3n) is 3.90. The molecular formula is C16H23N3OS. The monoisotopic (exact) mass is 305 g/mol. The van der Waals surface area contributed by atoms with E-state index < -0.39 is 0 Å². The summed E-state index contributed by atoms with van der Waals surface area (Å²) in [5.41, 5.74) is 1.95. The molecule has 0 saturated carbocycles. The van der Waals surface area contributed by atoms with Crippen molar-refractivity contribution in [2.45, 2.75) is 54.0 Å². The van der Waals surface area contributed by atoms with Gasteiger partial charge < -0.3 is 5.32 Å². The van der Waals surface area contributed by atoms with Gasteiger partial charge in [-0.05, 0) is 32.3 Å². The van der Waals surface area contributed by atoms with E-state index >= 15 is 0 Å². The topological polar surface area (TPSA) is 54.9 Å². The Labute approximate surface area is 130 Å². The number of nitrogens with zero attached hydrogens (tertiary/aromatic N) is 2. The van der Waals surface area contributed by atoms with Crippen LogP contribution in [0.1, 0.15) is 54.4 Å². The molecular weight excluding hydrogens is 282 g/mol. The van der Waals surface area contributed by atoms with Crippen molar-refractivity contribution in [3.63, 3.8) is 0 Å². The Hall–Kier alpha value is -1.49. The fraction of sp³-hybridized carbons (Fsp3) is 0.562. The SMILES string of the molecule is CCc1nc(C)c2c(C)c(C(=O)NC(C)C(C)C)sc2n1. The van der Waals surface area contributed by atoms with Gasteiger partial charge in [-0.2, -0.15) is 0 Å². The van der Waals surface area contributed by atoms with Gasteiger partial charge in [0.2, 0.25) is 0 Å². The summed E-state index contributed by atoms with van der Waals surface area (Å²) in [6, 6.07) is 0.153. The van der Waals surface area contributed by atoms with E-state index in [1.165, 1.54) is 11.3 Å². The predicted octanol–water partition coefficient (Wildman–Crippen LogP) is 3.64. The molecule has 114 valence electrons. The van der Waals surface area contributed by atoms with E-state index in [0.29, 0.717) is 5.92 Å². The van der Waals surface area contributed by atoms with E-state index in [2.05, 4.69) is 29.1 Å². The second-order valence-electron chi connectivity index (χ2n) is 5.82. The third-order valence-corrected chi connectivity index (χ3v) is 5.08. The standard InChI is InChI=1S/C16H23N3OS/c1-7-12-17-11(6)13-9(4)14(21-16(13)19-12)15(20)18-10(5)8(2)3/h8,10H,7H2,1-6H3,(H,18,20). The van der Waals surface area contributed by atoms with Gasteiger partial charge >= 0.3 is 0 Å². The molecule has 0 spiro atoms. The quantitative estimate of drug-likeness (QED) is 0.938. The maximum Gasteiger partial charge on any atom is 0.261 e. The van der Waals surface area contributed by atoms with E-state index in [0.717, 1.165) is 38.6 Å². The van der Waals surface area contributed by atoms with Crippen LogP contribution >= 0.6 is 11.3 Å². The fourth-order valence-corrected chi connectivity index (χ4v) is 3.36. The highest BCUT2D eigenvalue weighted by atomic mass is 32.1. The van der Waals surface area contributed by atoms with Crippen molar-refractivity contribution >= 4 is 27.5 Å². The summed E-state index contributed by atoms with van der Waals surface area (Å²) in [6.07, 6.45) is 0.805. The third kappa shape index (κ3) is 3.07. The molecule has 1 atom stereocenters. The number of hydrogen-bond donors (Lipinski definition) is 1. The lowest BCUT2D eigenvalue weighted by Crippen LogP contribution is -2.35. The van der Waals surface area contributed by atoms with E-state index in [1.54, 1.807) is 0 Å². The number of carbonyl (C=O) groups excluding carboxylic acids is 1. The maximum atomic E-state index is 12.5. The molecule has 0 aliphatic rings. The summed E-state index contributed by atoms with van der Waals surface area (Å²) in [4.78, 5) is 23.2. The second kappa shape index (κ2) is 6.10. The van der Waals surface area contributed by atoms with E-state index in [1.807, 2.05) is 27.7 Å². The first-order valence-electron chi connectivity index (χ1n) is 7.42. The average Bonchev–Trinajstić information content (AvgIpc) is 2.76. The van der Waals surface area contributed by atoms with E-state index in [4.69, 9.17) is 0 Å². The van der Waals surface area contributed by atoms with Crippen molar-refractivity contribution in [3.8, 4) is 0 Å². The number of nitrogens with one attached hydrogen (secondary N) is 1. The van der Waals surface area contributed by atoms with Crippen LogP contribution in [0.3, 0.4) is 0 Å². The van der Waals surface area contributed by atoms with Gasteiger partial charge in [-0.25, -0.2) is 9.97 Å². The molecule has 0 aliphatic heterocycles. The van der Waals surface area contributed by atoms with E-state index in [-0.39, 0.29) is 11.9 Å². The highest BCUT2D eigenvalue weighted by molar-refractivity contribution is 7.20. The molecule has 1 unspecified atom stereocenters. The Bertz CT molecular complexity index is 676. The molecule has 5 heteroatoms. The zero-order chi connectivity index (χ0) is 15.7. The minimum atomic E-state index is -0.00542. The molecule has 0 aliphatic carbocycles. The van der Waals surface area contributed by atoms with Gasteiger partial charge in [-0.3, -0.25) is 4.79 Å². The number of aromatic nitrogens is 2. The molecule has 2 aromatic rings. The number of carbonyl (C=O) groups is 1. The van der Waals surface area contributed by atoms with Gasteiger partial charge in [0, 0.05) is 23.5 Å². The predicted molar refractivity (Wildman–Crippen MR) is 88.0 cm³/mol. The highest BCUT2D eigenvalue weighted by Crippen LogP contribution is 2.31. The minimum Gasteiger partial charge on any atom is -0.349 e. The summed E-state index contributed by atoms with van der Waals surface area (Å²) in [5, 5.41) is 4.10. The lowest BCUT2D eigenvalue weighted by Gasteiger charge is -2.17. The lowest BCUT2D eigenvalue weighted by molar-refractivity contribution is 0.0934. The van der Waals surface area contributed by atoms with Crippen molar-refractivity contribution in [2.75, 3.05) is 0 Å². The zero-order valence-corrected chi connectivity index (χ0v) is 14.4. The molecule has 1 amide bonds. The van der Waals surface area contributed by atoms with Gasteiger partial charge in [-0.1, -0.05) is 20.8 Å². The van der Waals surface area contributed by atoms with Gasteiger partial charge in [-0.15, -0.1) is 11.3 Å². The maximum absolute atomic E-state index is 12.5. The van der Waals surface area contributed by atoms with Crippen LogP contribution in [0, 0.1) is 19.8 Å². The number of rotatable bonds is 4. The first-order chi connectivity index (χ1) is 9.85. The smallest absolute Gasteiger partial charge is 0.261 e. The molecule has 2 heterocycles. The van der Waals surface area contributed by atoms with Crippen LogP contribution in [0.15, 0.2) is 0 Å². The Morgan fingerprint density at radius 2 is 1.90 bits per heavy atom. The largest absolute Gasteiger partial charge is 0.349 e. The van der Waals surface area contributed by atoms with Crippen LogP contribution < -0.4 is 5.32 Å². The summed E-state index contributed by atoms with van der Waals surface area (Å²) in [6.45, 7) is 12.2. The molecule has 2 aromatic heterocycles. The van der Waals surface area contributed by atoms with Gasteiger partial charge in [0.25, 0.3) is 5.91 Å². The van der Waals surface area contributed by atoms with Crippen molar-refractivity contribution in [3.05, 3.63) is 22.0 Å². The molecule has 0 saturated heterocycles. The van der Waals surface area contributed by atoms with Crippen LogP contribution in [0.25, 0.3) is 10.2 Å². The summed E-state index contributed by atoms with van der Waals surface area (Å²) in [5.74, 6) is 1.25. The Morgan fingerprint density at radius 1 is 1.24 bits per heavy atom.